The maximum atomic E-state index is 12.8. The number of hydrogen-bond donors (Lipinski definition) is 1. The van der Waals surface area contributed by atoms with Gasteiger partial charge in [-0.05, 0) is 48.9 Å². The molecule has 3 rings (SSSR count). The Bertz CT molecular complexity index is 1010. The molecule has 1 atom stereocenters. The lowest BCUT2D eigenvalue weighted by Crippen LogP contribution is -2.43. The summed E-state index contributed by atoms with van der Waals surface area (Å²) in [7, 11) is 1.64. The number of rotatable bonds is 9. The van der Waals surface area contributed by atoms with E-state index in [0.717, 1.165) is 18.6 Å². The van der Waals surface area contributed by atoms with E-state index in [1.807, 2.05) is 12.1 Å². The van der Waals surface area contributed by atoms with Gasteiger partial charge in [0.2, 0.25) is 11.8 Å². The predicted octanol–water partition coefficient (Wildman–Crippen LogP) is 6.54. The molecule has 0 radical (unpaired) electrons. The van der Waals surface area contributed by atoms with E-state index in [1.54, 1.807) is 37.4 Å². The lowest BCUT2D eigenvalue weighted by atomic mass is 10.2. The minimum absolute atomic E-state index is 0.0896. The number of amides is 2. The van der Waals surface area contributed by atoms with Crippen LogP contribution in [0.4, 0.5) is 11.4 Å². The Morgan fingerprint density at radius 1 is 1.15 bits per heavy atom. The highest BCUT2D eigenvalue weighted by atomic mass is 35.5. The number of nitrogens with one attached hydrogen (secondary N) is 1. The summed E-state index contributed by atoms with van der Waals surface area (Å²) < 4.78 is 5.74. The quantitative estimate of drug-likeness (QED) is 0.391. The Kier molecular flexibility index (Phi) is 9.47. The van der Waals surface area contributed by atoms with Gasteiger partial charge in [0, 0.05) is 19.2 Å². The number of carbonyl (C=O) groups is 2. The van der Waals surface area contributed by atoms with Crippen LogP contribution in [0.25, 0.3) is 0 Å². The number of halogens is 2. The monoisotopic (exact) mass is 507 g/mol. The highest BCUT2D eigenvalue weighted by Gasteiger charge is 2.34. The van der Waals surface area contributed by atoms with Crippen molar-refractivity contribution in [2.24, 2.45) is 4.99 Å². The average molecular weight is 508 g/mol. The van der Waals surface area contributed by atoms with Crippen LogP contribution in [0.5, 0.6) is 5.75 Å². The van der Waals surface area contributed by atoms with Gasteiger partial charge in [-0.25, -0.2) is 4.99 Å². The Balaban J connectivity index is 1.60. The summed E-state index contributed by atoms with van der Waals surface area (Å²) in [5.74, 6) is 0.334. The summed E-state index contributed by atoms with van der Waals surface area (Å²) in [6, 6.07) is 12.2. The van der Waals surface area contributed by atoms with Gasteiger partial charge in [0.25, 0.3) is 0 Å². The molecule has 1 aliphatic heterocycles. The van der Waals surface area contributed by atoms with Crippen LogP contribution in [0.15, 0.2) is 47.5 Å². The average Bonchev–Trinajstić information content (AvgIpc) is 2.80. The highest BCUT2D eigenvalue weighted by Crippen LogP contribution is 2.31. The second kappa shape index (κ2) is 12.3. The summed E-state index contributed by atoms with van der Waals surface area (Å²) in [5.41, 5.74) is 1.20. The number of carbonyl (C=O) groups excluding carboxylic acids is 2. The maximum Gasteiger partial charge on any atom is 0.238 e. The summed E-state index contributed by atoms with van der Waals surface area (Å²) in [6.45, 7) is 2.86. The number of hydrogen-bond acceptors (Lipinski definition) is 5. The van der Waals surface area contributed by atoms with Gasteiger partial charge in [-0.3, -0.25) is 14.5 Å². The number of amidine groups is 1. The van der Waals surface area contributed by atoms with Crippen molar-refractivity contribution in [1.29, 1.82) is 0 Å². The van der Waals surface area contributed by atoms with Gasteiger partial charge < -0.3 is 10.1 Å². The first-order valence-electron chi connectivity index (χ1n) is 10.9. The van der Waals surface area contributed by atoms with Crippen molar-refractivity contribution in [2.45, 2.75) is 44.3 Å². The molecule has 176 valence electrons. The van der Waals surface area contributed by atoms with Crippen molar-refractivity contribution < 1.29 is 14.3 Å². The number of benzene rings is 2. The molecular weight excluding hydrogens is 481 g/mol. The first kappa shape index (κ1) is 25.4. The second-order valence-electron chi connectivity index (χ2n) is 7.68. The Morgan fingerprint density at radius 2 is 1.91 bits per heavy atom. The standard InChI is InChI=1S/C24H27Cl2N3O3S/c1-3-4-5-6-13-32-18-10-7-16(8-11-18)27-23(31)21-15-22(30)29(2)24(33-21)28-17-9-12-19(25)20(26)14-17/h7-12,14,21H,3-6,13,15H2,1-2H3,(H,27,31). The molecule has 6 nitrogen and oxygen atoms in total. The molecule has 1 N–H and O–H groups in total. The molecule has 0 aromatic heterocycles. The lowest BCUT2D eigenvalue weighted by Gasteiger charge is -2.28. The van der Waals surface area contributed by atoms with E-state index >= 15 is 0 Å². The molecule has 0 saturated carbocycles. The summed E-state index contributed by atoms with van der Waals surface area (Å²) >= 11 is 13.3. The van der Waals surface area contributed by atoms with E-state index in [9.17, 15) is 9.59 Å². The fourth-order valence-electron chi connectivity index (χ4n) is 3.14. The van der Waals surface area contributed by atoms with Gasteiger partial charge >= 0.3 is 0 Å². The van der Waals surface area contributed by atoms with E-state index in [-0.39, 0.29) is 18.2 Å². The van der Waals surface area contributed by atoms with Crippen molar-refractivity contribution in [2.75, 3.05) is 19.0 Å². The molecule has 1 aliphatic rings. The third-order valence-corrected chi connectivity index (χ3v) is 7.06. The van der Waals surface area contributed by atoms with Gasteiger partial charge in [0.05, 0.1) is 22.3 Å². The van der Waals surface area contributed by atoms with E-state index in [0.29, 0.717) is 33.2 Å². The SMILES string of the molecule is CCCCCCOc1ccc(NC(=O)C2CC(=O)N(C)C(=Nc3ccc(Cl)c(Cl)c3)S2)cc1. The number of anilines is 1. The Labute approximate surface area is 208 Å². The van der Waals surface area contributed by atoms with Crippen LogP contribution in [-0.4, -0.2) is 40.8 Å². The third kappa shape index (κ3) is 7.39. The summed E-state index contributed by atoms with van der Waals surface area (Å²) in [4.78, 5) is 31.3. The zero-order chi connectivity index (χ0) is 23.8. The van der Waals surface area contributed by atoms with Gasteiger partial charge in [-0.1, -0.05) is 61.1 Å². The molecule has 2 aromatic rings. The van der Waals surface area contributed by atoms with Crippen molar-refractivity contribution in [3.63, 3.8) is 0 Å². The van der Waals surface area contributed by atoms with Crippen molar-refractivity contribution >= 4 is 63.3 Å². The fourth-order valence-corrected chi connectivity index (χ4v) is 4.50. The van der Waals surface area contributed by atoms with E-state index in [2.05, 4.69) is 17.2 Å². The molecule has 0 spiro atoms. The van der Waals surface area contributed by atoms with Crippen LogP contribution in [-0.2, 0) is 9.59 Å². The largest absolute Gasteiger partial charge is 0.494 e. The van der Waals surface area contributed by atoms with Crippen LogP contribution in [0.3, 0.4) is 0 Å². The van der Waals surface area contributed by atoms with Crippen molar-refractivity contribution in [3.05, 3.63) is 52.5 Å². The van der Waals surface area contributed by atoms with E-state index in [4.69, 9.17) is 27.9 Å². The molecule has 1 saturated heterocycles. The zero-order valence-corrected chi connectivity index (χ0v) is 21.0. The summed E-state index contributed by atoms with van der Waals surface area (Å²) in [5, 5.41) is 3.51. The molecule has 0 aliphatic carbocycles. The van der Waals surface area contributed by atoms with Crippen LogP contribution in [0, 0.1) is 0 Å². The zero-order valence-electron chi connectivity index (χ0n) is 18.6. The van der Waals surface area contributed by atoms with Crippen LogP contribution in [0.1, 0.15) is 39.0 Å². The van der Waals surface area contributed by atoms with Crippen molar-refractivity contribution in [1.82, 2.24) is 4.90 Å². The maximum absolute atomic E-state index is 12.8. The van der Waals surface area contributed by atoms with Crippen molar-refractivity contribution in [3.8, 4) is 5.75 Å². The van der Waals surface area contributed by atoms with Gasteiger partial charge in [0.15, 0.2) is 5.17 Å². The van der Waals surface area contributed by atoms with E-state index in [1.165, 1.54) is 29.5 Å². The first-order valence-corrected chi connectivity index (χ1v) is 12.5. The minimum Gasteiger partial charge on any atom is -0.494 e. The Morgan fingerprint density at radius 3 is 2.61 bits per heavy atom. The normalized spacial score (nSPS) is 17.3. The first-order chi connectivity index (χ1) is 15.9. The van der Waals surface area contributed by atoms with E-state index < -0.39 is 5.25 Å². The van der Waals surface area contributed by atoms with Crippen LogP contribution in [0.2, 0.25) is 10.0 Å². The number of aliphatic imine (C=N–C) groups is 1. The van der Waals surface area contributed by atoms with Crippen LogP contribution < -0.4 is 10.1 Å². The topological polar surface area (TPSA) is 71.0 Å². The van der Waals surface area contributed by atoms with Gasteiger partial charge in [-0.15, -0.1) is 0 Å². The number of nitrogens with zero attached hydrogens (tertiary/aromatic N) is 2. The second-order valence-corrected chi connectivity index (χ2v) is 9.66. The fraction of sp³-hybridized carbons (Fsp3) is 0.375. The molecule has 2 amide bonds. The molecule has 1 fully saturated rings. The minimum atomic E-state index is -0.593. The molecular formula is C24H27Cl2N3O3S. The predicted molar refractivity (Wildman–Crippen MR) is 137 cm³/mol. The molecule has 2 aromatic carbocycles. The molecule has 1 heterocycles. The number of ether oxygens (including phenoxy) is 1. The number of unbranched alkanes of at least 4 members (excludes halogenated alkanes) is 3. The number of thioether (sulfide) groups is 1. The Hall–Kier alpha value is -2.22. The van der Waals surface area contributed by atoms with Gasteiger partial charge in [-0.2, -0.15) is 0 Å². The lowest BCUT2D eigenvalue weighted by molar-refractivity contribution is -0.128. The van der Waals surface area contributed by atoms with Gasteiger partial charge in [0.1, 0.15) is 11.0 Å². The molecule has 1 unspecified atom stereocenters. The molecule has 9 heteroatoms. The molecule has 0 bridgehead atoms. The molecule has 33 heavy (non-hydrogen) atoms. The smallest absolute Gasteiger partial charge is 0.238 e. The third-order valence-electron chi connectivity index (χ3n) is 5.08. The highest BCUT2D eigenvalue weighted by molar-refractivity contribution is 8.15. The summed E-state index contributed by atoms with van der Waals surface area (Å²) in [6.07, 6.45) is 4.68. The van der Waals surface area contributed by atoms with Crippen LogP contribution >= 0.6 is 35.0 Å².